The first-order valence-electron chi connectivity index (χ1n) is 5.22. The lowest BCUT2D eigenvalue weighted by molar-refractivity contribution is 0.0996. The third-order valence-corrected chi connectivity index (χ3v) is 2.23. The molecular formula is C10H12N6O2. The normalized spacial score (nSPS) is 10.2. The second-order valence-electron chi connectivity index (χ2n) is 3.52. The zero-order valence-corrected chi connectivity index (χ0v) is 9.46. The monoisotopic (exact) mass is 248 g/mol. The molecule has 8 nitrogen and oxygen atoms in total. The summed E-state index contributed by atoms with van der Waals surface area (Å²) in [6.07, 6.45) is 1.81. The molecule has 0 unspecified atom stereocenters. The van der Waals surface area contributed by atoms with Gasteiger partial charge >= 0.3 is 0 Å². The Bertz CT molecular complexity index is 539. The molecule has 2 aromatic heterocycles. The van der Waals surface area contributed by atoms with Crippen LogP contribution in [0.1, 0.15) is 16.3 Å². The Morgan fingerprint density at radius 1 is 1.44 bits per heavy atom. The van der Waals surface area contributed by atoms with Gasteiger partial charge in [0.15, 0.2) is 5.82 Å². The molecule has 1 amide bonds. The van der Waals surface area contributed by atoms with Crippen molar-refractivity contribution >= 4 is 17.4 Å². The van der Waals surface area contributed by atoms with Crippen LogP contribution >= 0.6 is 0 Å². The molecule has 5 N–H and O–H groups in total. The van der Waals surface area contributed by atoms with E-state index in [0.29, 0.717) is 30.3 Å². The van der Waals surface area contributed by atoms with Gasteiger partial charge < -0.3 is 21.3 Å². The zero-order chi connectivity index (χ0) is 13.0. The van der Waals surface area contributed by atoms with Crippen molar-refractivity contribution in [3.8, 4) is 0 Å². The molecule has 0 atom stereocenters. The van der Waals surface area contributed by atoms with Crippen molar-refractivity contribution in [2.24, 2.45) is 5.73 Å². The second kappa shape index (κ2) is 5.13. The molecule has 0 bridgehead atoms. The highest BCUT2D eigenvalue weighted by atomic mass is 16.5. The number of anilines is 2. The Labute approximate surface area is 102 Å². The number of nitrogens with one attached hydrogen (secondary N) is 1. The molecule has 0 aromatic carbocycles. The van der Waals surface area contributed by atoms with Crippen molar-refractivity contribution in [2.75, 3.05) is 17.6 Å². The quantitative estimate of drug-likeness (QED) is 0.667. The van der Waals surface area contributed by atoms with E-state index < -0.39 is 5.91 Å². The lowest BCUT2D eigenvalue weighted by atomic mass is 10.3. The van der Waals surface area contributed by atoms with E-state index in [1.165, 1.54) is 12.5 Å². The molecule has 94 valence electrons. The van der Waals surface area contributed by atoms with E-state index in [4.69, 9.17) is 11.5 Å². The Morgan fingerprint density at radius 2 is 2.28 bits per heavy atom. The van der Waals surface area contributed by atoms with Crippen molar-refractivity contribution in [1.29, 1.82) is 0 Å². The standard InChI is InChI=1S/C10H12N6O2/c11-6-1-2-7(9(12)17)15-10(6)13-4-3-8-14-5-18-16-8/h1-2,5H,3-4,11H2,(H2,12,17)(H,13,15). The van der Waals surface area contributed by atoms with Gasteiger partial charge in [-0.3, -0.25) is 4.79 Å². The maximum atomic E-state index is 11.0. The predicted octanol–water partition coefficient (Wildman–Crippen LogP) is -0.200. The average molecular weight is 248 g/mol. The number of amides is 1. The minimum absolute atomic E-state index is 0.159. The number of pyridine rings is 1. The van der Waals surface area contributed by atoms with Crippen LogP contribution in [0.4, 0.5) is 11.5 Å². The fourth-order valence-corrected chi connectivity index (χ4v) is 1.34. The largest absolute Gasteiger partial charge is 0.396 e. The molecule has 2 rings (SSSR count). The predicted molar refractivity (Wildman–Crippen MR) is 63.7 cm³/mol. The first kappa shape index (κ1) is 11.8. The average Bonchev–Trinajstić information content (AvgIpc) is 2.84. The van der Waals surface area contributed by atoms with Crippen LogP contribution in [0.3, 0.4) is 0 Å². The molecule has 0 radical (unpaired) electrons. The van der Waals surface area contributed by atoms with Gasteiger partial charge in [-0.15, -0.1) is 0 Å². The number of nitrogens with two attached hydrogens (primary N) is 2. The minimum Gasteiger partial charge on any atom is -0.396 e. The molecule has 0 saturated carbocycles. The van der Waals surface area contributed by atoms with Gasteiger partial charge in [-0.1, -0.05) is 5.16 Å². The molecule has 0 aliphatic rings. The number of rotatable bonds is 5. The minimum atomic E-state index is -0.601. The molecular weight excluding hydrogens is 236 g/mol. The summed E-state index contributed by atoms with van der Waals surface area (Å²) in [6, 6.07) is 3.05. The first-order chi connectivity index (χ1) is 8.66. The SMILES string of the molecule is NC(=O)c1ccc(N)c(NCCc2ncon2)n1. The number of nitrogens with zero attached hydrogens (tertiary/aromatic N) is 3. The highest BCUT2D eigenvalue weighted by Gasteiger charge is 2.07. The van der Waals surface area contributed by atoms with Gasteiger partial charge in [0, 0.05) is 13.0 Å². The molecule has 0 fully saturated rings. The molecule has 0 saturated heterocycles. The van der Waals surface area contributed by atoms with Crippen molar-refractivity contribution < 1.29 is 9.32 Å². The first-order valence-corrected chi connectivity index (χ1v) is 5.22. The van der Waals surface area contributed by atoms with E-state index in [9.17, 15) is 4.79 Å². The van der Waals surface area contributed by atoms with E-state index in [1.54, 1.807) is 6.07 Å². The van der Waals surface area contributed by atoms with Crippen LogP contribution in [-0.4, -0.2) is 27.6 Å². The summed E-state index contributed by atoms with van der Waals surface area (Å²) >= 11 is 0. The van der Waals surface area contributed by atoms with Gasteiger partial charge in [0.2, 0.25) is 6.39 Å². The second-order valence-corrected chi connectivity index (χ2v) is 3.52. The van der Waals surface area contributed by atoms with E-state index in [1.807, 2.05) is 0 Å². The summed E-state index contributed by atoms with van der Waals surface area (Å²) in [5.41, 5.74) is 11.5. The van der Waals surface area contributed by atoms with Gasteiger partial charge in [0.05, 0.1) is 5.69 Å². The van der Waals surface area contributed by atoms with Crippen molar-refractivity contribution in [3.05, 3.63) is 30.0 Å². The number of carbonyl (C=O) groups excluding carboxylic acids is 1. The summed E-state index contributed by atoms with van der Waals surface area (Å²) in [4.78, 5) is 18.9. The highest BCUT2D eigenvalue weighted by molar-refractivity contribution is 5.91. The Kier molecular flexibility index (Phi) is 3.37. The van der Waals surface area contributed by atoms with Crippen molar-refractivity contribution in [2.45, 2.75) is 6.42 Å². The highest BCUT2D eigenvalue weighted by Crippen LogP contribution is 2.15. The Morgan fingerprint density at radius 3 is 2.94 bits per heavy atom. The summed E-state index contributed by atoms with van der Waals surface area (Å²) in [7, 11) is 0. The summed E-state index contributed by atoms with van der Waals surface area (Å²) in [6.45, 7) is 0.513. The third-order valence-electron chi connectivity index (χ3n) is 2.23. The lowest BCUT2D eigenvalue weighted by Gasteiger charge is -2.07. The number of primary amides is 1. The molecule has 0 spiro atoms. The number of nitrogen functional groups attached to an aromatic ring is 1. The maximum Gasteiger partial charge on any atom is 0.267 e. The van der Waals surface area contributed by atoms with Crippen molar-refractivity contribution in [3.63, 3.8) is 0 Å². The Balaban J connectivity index is 2.00. The third kappa shape index (κ3) is 2.73. The molecule has 0 aliphatic heterocycles. The van der Waals surface area contributed by atoms with Gasteiger partial charge in [-0.25, -0.2) is 4.98 Å². The van der Waals surface area contributed by atoms with Crippen LogP contribution < -0.4 is 16.8 Å². The van der Waals surface area contributed by atoms with Gasteiger partial charge in [0.25, 0.3) is 5.91 Å². The van der Waals surface area contributed by atoms with E-state index in [2.05, 4.69) is 25.0 Å². The van der Waals surface area contributed by atoms with Gasteiger partial charge in [-0.05, 0) is 12.1 Å². The molecule has 0 aliphatic carbocycles. The molecule has 2 heterocycles. The van der Waals surface area contributed by atoms with Gasteiger partial charge in [0.1, 0.15) is 11.5 Å². The lowest BCUT2D eigenvalue weighted by Crippen LogP contribution is -2.16. The van der Waals surface area contributed by atoms with E-state index in [0.717, 1.165) is 0 Å². The smallest absolute Gasteiger partial charge is 0.267 e. The molecule has 2 aromatic rings. The van der Waals surface area contributed by atoms with E-state index in [-0.39, 0.29) is 5.69 Å². The number of hydrogen-bond acceptors (Lipinski definition) is 7. The summed E-state index contributed by atoms with van der Waals surface area (Å²) in [5.74, 6) is 0.387. The van der Waals surface area contributed by atoms with Crippen LogP contribution in [0.15, 0.2) is 23.0 Å². The summed E-state index contributed by atoms with van der Waals surface area (Å²) in [5, 5.41) is 6.64. The number of hydrogen-bond donors (Lipinski definition) is 3. The van der Waals surface area contributed by atoms with Gasteiger partial charge in [-0.2, -0.15) is 4.98 Å². The van der Waals surface area contributed by atoms with Crippen LogP contribution in [0.25, 0.3) is 0 Å². The van der Waals surface area contributed by atoms with Crippen LogP contribution in [-0.2, 0) is 6.42 Å². The molecule has 8 heteroatoms. The van der Waals surface area contributed by atoms with Crippen LogP contribution in [0.5, 0.6) is 0 Å². The maximum absolute atomic E-state index is 11.0. The fourth-order valence-electron chi connectivity index (χ4n) is 1.34. The number of carbonyl (C=O) groups is 1. The Hall–Kier alpha value is -2.64. The topological polar surface area (TPSA) is 133 Å². The van der Waals surface area contributed by atoms with Crippen LogP contribution in [0.2, 0.25) is 0 Å². The summed E-state index contributed by atoms with van der Waals surface area (Å²) < 4.78 is 4.60. The number of aromatic nitrogens is 3. The fraction of sp³-hybridized carbons (Fsp3) is 0.200. The zero-order valence-electron chi connectivity index (χ0n) is 9.46. The van der Waals surface area contributed by atoms with E-state index >= 15 is 0 Å². The van der Waals surface area contributed by atoms with Crippen molar-refractivity contribution in [1.82, 2.24) is 15.1 Å². The van der Waals surface area contributed by atoms with Crippen LogP contribution in [0, 0.1) is 0 Å². The molecule has 18 heavy (non-hydrogen) atoms.